The van der Waals surface area contributed by atoms with E-state index >= 15 is 0 Å². The topological polar surface area (TPSA) is 72.0 Å². The molecule has 0 radical (unpaired) electrons. The Balaban J connectivity index is 1.79. The van der Waals surface area contributed by atoms with Crippen LogP contribution in [0.4, 0.5) is 5.69 Å². The molecule has 0 fully saturated rings. The summed E-state index contributed by atoms with van der Waals surface area (Å²) in [6, 6.07) is 18.1. The summed E-state index contributed by atoms with van der Waals surface area (Å²) in [6.07, 6.45) is 3.19. The van der Waals surface area contributed by atoms with Crippen molar-refractivity contribution in [1.82, 2.24) is 9.97 Å². The van der Waals surface area contributed by atoms with Crippen LogP contribution >= 0.6 is 0 Å². The molecule has 2 aromatic carbocycles. The molecule has 4 aromatic rings. The number of aromatic nitrogens is 2. The first-order valence-corrected chi connectivity index (χ1v) is 8.83. The number of fused-ring (bicyclic) bond motifs is 2. The van der Waals surface area contributed by atoms with Gasteiger partial charge in [-0.2, -0.15) is 8.42 Å². The molecule has 0 saturated heterocycles. The predicted octanol–water partition coefficient (Wildman–Crippen LogP) is 3.58. The minimum absolute atomic E-state index is 0.0193. The molecule has 0 aliphatic carbocycles. The van der Waals surface area contributed by atoms with E-state index in [-0.39, 0.29) is 5.03 Å². The number of benzene rings is 2. The summed E-state index contributed by atoms with van der Waals surface area (Å²) in [4.78, 5) is 8.35. The number of pyridine rings is 2. The summed E-state index contributed by atoms with van der Waals surface area (Å²) in [6.45, 7) is 0. The highest BCUT2D eigenvalue weighted by molar-refractivity contribution is 7.92. The van der Waals surface area contributed by atoms with Crippen molar-refractivity contribution >= 4 is 37.4 Å². The molecule has 0 aliphatic heterocycles. The van der Waals surface area contributed by atoms with Gasteiger partial charge in [-0.05, 0) is 23.6 Å². The summed E-state index contributed by atoms with van der Waals surface area (Å²) in [5, 5.41) is 2.56. The Hall–Kier alpha value is -2.99. The first-order valence-electron chi connectivity index (χ1n) is 7.35. The number of hydrogen-bond donors (Lipinski definition) is 1. The van der Waals surface area contributed by atoms with Crippen LogP contribution in [0.3, 0.4) is 0 Å². The fourth-order valence-electron chi connectivity index (χ4n) is 2.59. The van der Waals surface area contributed by atoms with Crippen molar-refractivity contribution in [1.29, 1.82) is 0 Å². The lowest BCUT2D eigenvalue weighted by Crippen LogP contribution is -2.14. The van der Waals surface area contributed by atoms with Crippen LogP contribution in [0.2, 0.25) is 0 Å². The van der Waals surface area contributed by atoms with Gasteiger partial charge in [0.05, 0.1) is 11.2 Å². The van der Waals surface area contributed by atoms with E-state index in [1.807, 2.05) is 42.5 Å². The van der Waals surface area contributed by atoms with Crippen molar-refractivity contribution < 1.29 is 8.42 Å². The summed E-state index contributed by atoms with van der Waals surface area (Å²) in [5.41, 5.74) is 1.03. The van der Waals surface area contributed by atoms with E-state index in [0.717, 1.165) is 16.2 Å². The largest absolute Gasteiger partial charge is 0.279 e. The number of nitrogens with one attached hydrogen (secondary N) is 1. The molecule has 0 atom stereocenters. The normalized spacial score (nSPS) is 11.7. The lowest BCUT2D eigenvalue weighted by Gasteiger charge is -2.10. The second kappa shape index (κ2) is 5.58. The van der Waals surface area contributed by atoms with E-state index in [0.29, 0.717) is 11.2 Å². The van der Waals surface area contributed by atoms with Gasteiger partial charge < -0.3 is 0 Å². The Morgan fingerprint density at radius 3 is 2.42 bits per heavy atom. The van der Waals surface area contributed by atoms with Crippen molar-refractivity contribution in [2.24, 2.45) is 0 Å². The molecule has 0 spiro atoms. The second-order valence-electron chi connectivity index (χ2n) is 5.36. The van der Waals surface area contributed by atoms with Crippen LogP contribution in [0.5, 0.6) is 0 Å². The fourth-order valence-corrected chi connectivity index (χ4v) is 3.63. The first-order chi connectivity index (χ1) is 11.6. The molecular formula is C18H13N3O2S. The molecule has 118 valence electrons. The van der Waals surface area contributed by atoms with Gasteiger partial charge in [0.1, 0.15) is 0 Å². The standard InChI is InChI=1S/C18H13N3O2S/c22-24(23,17-11-14-5-1-2-6-15(14)12-20-17)21-16-9-3-7-13-8-4-10-19-18(13)16/h1-12,21H. The zero-order valence-electron chi connectivity index (χ0n) is 12.5. The molecule has 0 amide bonds. The molecule has 5 nitrogen and oxygen atoms in total. The molecule has 0 aliphatic rings. The van der Waals surface area contributed by atoms with Gasteiger partial charge in [-0.1, -0.05) is 42.5 Å². The van der Waals surface area contributed by atoms with Gasteiger partial charge >= 0.3 is 0 Å². The third-order valence-corrected chi connectivity index (χ3v) is 5.02. The van der Waals surface area contributed by atoms with Gasteiger partial charge in [0.2, 0.25) is 0 Å². The maximum Gasteiger partial charge on any atom is 0.279 e. The van der Waals surface area contributed by atoms with Gasteiger partial charge in [-0.3, -0.25) is 9.71 Å². The van der Waals surface area contributed by atoms with E-state index < -0.39 is 10.0 Å². The highest BCUT2D eigenvalue weighted by Gasteiger charge is 2.17. The SMILES string of the molecule is O=S(=O)(Nc1cccc2cccnc12)c1cc2ccccc2cn1. The summed E-state index contributed by atoms with van der Waals surface area (Å²) in [7, 11) is -3.80. The Morgan fingerprint density at radius 2 is 1.54 bits per heavy atom. The average Bonchev–Trinajstić information content (AvgIpc) is 2.61. The third kappa shape index (κ3) is 2.57. The molecule has 0 unspecified atom stereocenters. The molecule has 24 heavy (non-hydrogen) atoms. The average molecular weight is 335 g/mol. The minimum Gasteiger partial charge on any atom is -0.276 e. The summed E-state index contributed by atoms with van der Waals surface area (Å²) in [5.74, 6) is 0. The van der Waals surface area contributed by atoms with Crippen LogP contribution in [0.25, 0.3) is 21.7 Å². The van der Waals surface area contributed by atoms with Crippen LogP contribution < -0.4 is 4.72 Å². The van der Waals surface area contributed by atoms with Gasteiger partial charge in [0.15, 0.2) is 5.03 Å². The Kier molecular flexibility index (Phi) is 3.39. The maximum atomic E-state index is 12.7. The molecule has 4 rings (SSSR count). The van der Waals surface area contributed by atoms with Gasteiger partial charge in [0.25, 0.3) is 10.0 Å². The molecule has 6 heteroatoms. The molecule has 2 heterocycles. The highest BCUT2D eigenvalue weighted by atomic mass is 32.2. The van der Waals surface area contributed by atoms with Crippen molar-refractivity contribution in [3.8, 4) is 0 Å². The van der Waals surface area contributed by atoms with Crippen LogP contribution in [-0.2, 0) is 10.0 Å². The van der Waals surface area contributed by atoms with Crippen LogP contribution in [0.1, 0.15) is 0 Å². The quantitative estimate of drug-likeness (QED) is 0.621. The van der Waals surface area contributed by atoms with Crippen LogP contribution in [0, 0.1) is 0 Å². The summed E-state index contributed by atoms with van der Waals surface area (Å²) < 4.78 is 28.0. The molecule has 0 bridgehead atoms. The Labute approximate surface area is 139 Å². The molecule has 0 saturated carbocycles. The number of sulfonamides is 1. The lowest BCUT2D eigenvalue weighted by molar-refractivity contribution is 0.598. The van der Waals surface area contributed by atoms with E-state index in [4.69, 9.17) is 0 Å². The predicted molar refractivity (Wildman–Crippen MR) is 94.3 cm³/mol. The first kappa shape index (κ1) is 14.6. The third-order valence-electron chi connectivity index (χ3n) is 3.76. The van der Waals surface area contributed by atoms with E-state index in [2.05, 4.69) is 14.7 Å². The smallest absolute Gasteiger partial charge is 0.276 e. The van der Waals surface area contributed by atoms with E-state index in [9.17, 15) is 8.42 Å². The number of nitrogens with zero attached hydrogens (tertiary/aromatic N) is 2. The van der Waals surface area contributed by atoms with Gasteiger partial charge in [-0.15, -0.1) is 0 Å². The van der Waals surface area contributed by atoms with Crippen molar-refractivity contribution in [2.45, 2.75) is 5.03 Å². The summed E-state index contributed by atoms with van der Waals surface area (Å²) >= 11 is 0. The lowest BCUT2D eigenvalue weighted by atomic mass is 10.2. The number of para-hydroxylation sites is 1. The van der Waals surface area contributed by atoms with E-state index in [1.54, 1.807) is 30.6 Å². The minimum atomic E-state index is -3.80. The zero-order chi connectivity index (χ0) is 16.6. The number of hydrogen-bond acceptors (Lipinski definition) is 4. The number of rotatable bonds is 3. The maximum absolute atomic E-state index is 12.7. The van der Waals surface area contributed by atoms with Crippen molar-refractivity contribution in [3.63, 3.8) is 0 Å². The molecule has 2 aromatic heterocycles. The molecular weight excluding hydrogens is 322 g/mol. The van der Waals surface area contributed by atoms with Crippen LogP contribution in [-0.4, -0.2) is 18.4 Å². The fraction of sp³-hybridized carbons (Fsp3) is 0. The second-order valence-corrected chi connectivity index (χ2v) is 6.99. The van der Waals surface area contributed by atoms with Gasteiger partial charge in [0, 0.05) is 23.2 Å². The number of anilines is 1. The highest BCUT2D eigenvalue weighted by Crippen LogP contribution is 2.24. The molecule has 1 N–H and O–H groups in total. The van der Waals surface area contributed by atoms with Gasteiger partial charge in [-0.25, -0.2) is 4.98 Å². The van der Waals surface area contributed by atoms with Crippen molar-refractivity contribution in [3.05, 3.63) is 73.1 Å². The Morgan fingerprint density at radius 1 is 0.792 bits per heavy atom. The Bertz CT molecular complexity index is 1150. The monoisotopic (exact) mass is 335 g/mol. The van der Waals surface area contributed by atoms with Crippen LogP contribution in [0.15, 0.2) is 78.1 Å². The zero-order valence-corrected chi connectivity index (χ0v) is 13.4. The van der Waals surface area contributed by atoms with E-state index in [1.165, 1.54) is 0 Å². The van der Waals surface area contributed by atoms with Crippen molar-refractivity contribution in [2.75, 3.05) is 4.72 Å².